The normalized spacial score (nSPS) is 15.7. The lowest BCUT2D eigenvalue weighted by molar-refractivity contribution is -0.156. The van der Waals surface area contributed by atoms with E-state index in [0.29, 0.717) is 18.4 Å². The minimum atomic E-state index is -3.26. The van der Waals surface area contributed by atoms with Gasteiger partial charge in [-0.15, -0.1) is 0 Å². The maximum absolute atomic E-state index is 13.7. The fourth-order valence-corrected chi connectivity index (χ4v) is 4.22. The number of methoxy groups -OCH3 is 1. The molecule has 162 valence electrons. The van der Waals surface area contributed by atoms with Gasteiger partial charge in [-0.2, -0.15) is 0 Å². The van der Waals surface area contributed by atoms with Crippen LogP contribution in [0.3, 0.4) is 0 Å². The van der Waals surface area contributed by atoms with Crippen molar-refractivity contribution >= 4 is 21.9 Å². The summed E-state index contributed by atoms with van der Waals surface area (Å²) < 4.78 is 48.8. The summed E-state index contributed by atoms with van der Waals surface area (Å²) in [6.45, 7) is 1.86. The highest BCUT2D eigenvalue weighted by Crippen LogP contribution is 2.21. The van der Waals surface area contributed by atoms with Crippen LogP contribution in [0.5, 0.6) is 5.75 Å². The van der Waals surface area contributed by atoms with Crippen LogP contribution in [0.15, 0.2) is 18.2 Å². The molecule has 0 bridgehead atoms. The number of rotatable bonds is 8. The molecule has 1 aliphatic heterocycles. The number of amides is 1. The number of hydrogen-bond donors (Lipinski definition) is 0. The Morgan fingerprint density at radius 2 is 1.93 bits per heavy atom. The van der Waals surface area contributed by atoms with Crippen molar-refractivity contribution in [2.45, 2.75) is 26.3 Å². The third-order valence-corrected chi connectivity index (χ3v) is 6.83. The van der Waals surface area contributed by atoms with Crippen LogP contribution < -0.4 is 4.74 Å². The van der Waals surface area contributed by atoms with E-state index in [1.54, 1.807) is 13.0 Å². The fourth-order valence-electron chi connectivity index (χ4n) is 3.08. The largest absolute Gasteiger partial charge is 0.494 e. The third-order valence-electron chi connectivity index (χ3n) is 4.95. The van der Waals surface area contributed by atoms with Gasteiger partial charge in [-0.25, -0.2) is 17.1 Å². The topological polar surface area (TPSA) is 93.2 Å². The lowest BCUT2D eigenvalue weighted by Crippen LogP contribution is -2.41. The zero-order valence-corrected chi connectivity index (χ0v) is 17.7. The molecule has 1 fully saturated rings. The smallest absolute Gasteiger partial charge is 0.309 e. The number of likely N-dealkylation sites (N-methyl/N-ethyl adjacent to an activating group) is 1. The molecule has 1 aromatic rings. The Hall–Kier alpha value is -2.20. The molecule has 10 heteroatoms. The van der Waals surface area contributed by atoms with Gasteiger partial charge in [0, 0.05) is 26.7 Å². The first kappa shape index (κ1) is 23.1. The van der Waals surface area contributed by atoms with Crippen molar-refractivity contribution in [1.29, 1.82) is 0 Å². The molecule has 29 heavy (non-hydrogen) atoms. The molecule has 1 saturated heterocycles. The average molecular weight is 430 g/mol. The van der Waals surface area contributed by atoms with E-state index in [4.69, 9.17) is 9.47 Å². The van der Waals surface area contributed by atoms with Crippen molar-refractivity contribution in [2.24, 2.45) is 5.92 Å². The number of benzene rings is 1. The van der Waals surface area contributed by atoms with E-state index in [9.17, 15) is 22.4 Å². The first-order valence-electron chi connectivity index (χ1n) is 9.38. The molecule has 0 atom stereocenters. The van der Waals surface area contributed by atoms with Gasteiger partial charge in [-0.1, -0.05) is 6.07 Å². The van der Waals surface area contributed by atoms with Crippen LogP contribution in [0.2, 0.25) is 0 Å². The average Bonchev–Trinajstić information content (AvgIpc) is 2.71. The number of halogens is 1. The van der Waals surface area contributed by atoms with Crippen LogP contribution >= 0.6 is 0 Å². The molecule has 0 N–H and O–H groups in total. The summed E-state index contributed by atoms with van der Waals surface area (Å²) in [6.07, 6.45) is 0.737. The SMILES string of the molecule is CCS(=O)(=O)N1CCC(C(=O)OCC(=O)N(C)Cc2ccc(OC)c(F)c2)CC1. The predicted molar refractivity (Wildman–Crippen MR) is 104 cm³/mol. The quantitative estimate of drug-likeness (QED) is 0.579. The number of carbonyl (C=O) groups is 2. The highest BCUT2D eigenvalue weighted by molar-refractivity contribution is 7.89. The Labute approximate surface area is 170 Å². The fraction of sp³-hybridized carbons (Fsp3) is 0.579. The molecule has 1 heterocycles. The Bertz CT molecular complexity index is 837. The molecular weight excluding hydrogens is 403 g/mol. The van der Waals surface area contributed by atoms with E-state index >= 15 is 0 Å². The van der Waals surface area contributed by atoms with Crippen molar-refractivity contribution in [3.63, 3.8) is 0 Å². The predicted octanol–water partition coefficient (Wildman–Crippen LogP) is 1.40. The van der Waals surface area contributed by atoms with Crippen molar-refractivity contribution in [2.75, 3.05) is 39.6 Å². The van der Waals surface area contributed by atoms with Gasteiger partial charge in [0.15, 0.2) is 18.2 Å². The molecular formula is C19H27FN2O6S. The summed E-state index contributed by atoms with van der Waals surface area (Å²) in [4.78, 5) is 25.7. The number of sulfonamides is 1. The van der Waals surface area contributed by atoms with Gasteiger partial charge in [0.25, 0.3) is 5.91 Å². The molecule has 0 spiro atoms. The van der Waals surface area contributed by atoms with Crippen LogP contribution in [0.25, 0.3) is 0 Å². The van der Waals surface area contributed by atoms with Crippen LogP contribution in [-0.2, 0) is 30.9 Å². The molecule has 0 aromatic heterocycles. The maximum Gasteiger partial charge on any atom is 0.309 e. The second-order valence-electron chi connectivity index (χ2n) is 6.90. The van der Waals surface area contributed by atoms with Gasteiger partial charge < -0.3 is 14.4 Å². The van der Waals surface area contributed by atoms with Crippen molar-refractivity contribution < 1.29 is 31.9 Å². The Morgan fingerprint density at radius 1 is 1.28 bits per heavy atom. The van der Waals surface area contributed by atoms with Crippen LogP contribution in [0, 0.1) is 11.7 Å². The number of piperidine rings is 1. The molecule has 1 aliphatic rings. The van der Waals surface area contributed by atoms with Crippen LogP contribution in [0.1, 0.15) is 25.3 Å². The number of hydrogen-bond acceptors (Lipinski definition) is 6. The summed E-state index contributed by atoms with van der Waals surface area (Å²) in [5, 5.41) is 0. The summed E-state index contributed by atoms with van der Waals surface area (Å²) in [5.74, 6) is -1.72. The van der Waals surface area contributed by atoms with Gasteiger partial charge in [-0.3, -0.25) is 9.59 Å². The zero-order chi connectivity index (χ0) is 21.6. The van der Waals surface area contributed by atoms with Gasteiger partial charge in [-0.05, 0) is 37.5 Å². The summed E-state index contributed by atoms with van der Waals surface area (Å²) in [6, 6.07) is 4.41. The van der Waals surface area contributed by atoms with Crippen LogP contribution in [0.4, 0.5) is 4.39 Å². The van der Waals surface area contributed by atoms with E-state index in [1.165, 1.54) is 35.5 Å². The molecule has 0 unspecified atom stereocenters. The minimum Gasteiger partial charge on any atom is -0.494 e. The van der Waals surface area contributed by atoms with E-state index in [0.717, 1.165) is 0 Å². The maximum atomic E-state index is 13.7. The van der Waals surface area contributed by atoms with Gasteiger partial charge in [0.2, 0.25) is 10.0 Å². The second-order valence-corrected chi connectivity index (χ2v) is 9.16. The Morgan fingerprint density at radius 3 is 2.48 bits per heavy atom. The van der Waals surface area contributed by atoms with Crippen molar-refractivity contribution in [3.8, 4) is 5.75 Å². The standard InChI is InChI=1S/C19H27FN2O6S/c1-4-29(25,26)22-9-7-15(8-10-22)19(24)28-13-18(23)21(2)12-14-5-6-17(27-3)16(20)11-14/h5-6,11,15H,4,7-10,12-13H2,1-3H3. The van der Waals surface area contributed by atoms with E-state index < -0.39 is 40.2 Å². The minimum absolute atomic E-state index is 0.0288. The van der Waals surface area contributed by atoms with Crippen molar-refractivity contribution in [3.05, 3.63) is 29.6 Å². The second kappa shape index (κ2) is 10.0. The summed E-state index contributed by atoms with van der Waals surface area (Å²) in [7, 11) is -0.355. The first-order valence-corrected chi connectivity index (χ1v) is 11.0. The summed E-state index contributed by atoms with van der Waals surface area (Å²) in [5.41, 5.74) is 0.579. The third kappa shape index (κ3) is 6.14. The van der Waals surface area contributed by atoms with Gasteiger partial charge in [0.1, 0.15) is 0 Å². The molecule has 1 amide bonds. The zero-order valence-electron chi connectivity index (χ0n) is 16.9. The molecule has 8 nitrogen and oxygen atoms in total. The molecule has 1 aromatic carbocycles. The van der Waals surface area contributed by atoms with E-state index in [1.807, 2.05) is 0 Å². The first-order chi connectivity index (χ1) is 13.7. The monoisotopic (exact) mass is 430 g/mol. The van der Waals surface area contributed by atoms with Crippen molar-refractivity contribution in [1.82, 2.24) is 9.21 Å². The molecule has 0 radical (unpaired) electrons. The van der Waals surface area contributed by atoms with Gasteiger partial charge >= 0.3 is 5.97 Å². The highest BCUT2D eigenvalue weighted by atomic mass is 32.2. The highest BCUT2D eigenvalue weighted by Gasteiger charge is 2.31. The number of ether oxygens (including phenoxy) is 2. The summed E-state index contributed by atoms with van der Waals surface area (Å²) >= 11 is 0. The van der Waals surface area contributed by atoms with Gasteiger partial charge in [0.05, 0.1) is 18.8 Å². The van der Waals surface area contributed by atoms with E-state index in [-0.39, 0.29) is 31.1 Å². The molecule has 0 saturated carbocycles. The number of carbonyl (C=O) groups excluding carboxylic acids is 2. The van der Waals surface area contributed by atoms with E-state index in [2.05, 4.69) is 0 Å². The lowest BCUT2D eigenvalue weighted by atomic mass is 9.98. The lowest BCUT2D eigenvalue weighted by Gasteiger charge is -2.29. The Kier molecular flexibility index (Phi) is 7.97. The van der Waals surface area contributed by atoms with Crippen LogP contribution in [-0.4, -0.2) is 69.1 Å². The Balaban J connectivity index is 1.79. The number of esters is 1. The molecule has 0 aliphatic carbocycles. The number of nitrogens with zero attached hydrogens (tertiary/aromatic N) is 2. The molecule has 2 rings (SSSR count).